The summed E-state index contributed by atoms with van der Waals surface area (Å²) in [6, 6.07) is 5.35. The molecule has 0 radical (unpaired) electrons. The summed E-state index contributed by atoms with van der Waals surface area (Å²) in [7, 11) is 0. The first kappa shape index (κ1) is 13.6. The third kappa shape index (κ3) is 3.39. The van der Waals surface area contributed by atoms with Crippen LogP contribution in [0.15, 0.2) is 17.5 Å². The van der Waals surface area contributed by atoms with E-state index >= 15 is 0 Å². The van der Waals surface area contributed by atoms with E-state index in [4.69, 9.17) is 0 Å². The highest BCUT2D eigenvalue weighted by atomic mass is 32.1. The third-order valence-corrected chi connectivity index (χ3v) is 5.82. The summed E-state index contributed by atoms with van der Waals surface area (Å²) in [4.78, 5) is 4.31. The molecule has 19 heavy (non-hydrogen) atoms. The Morgan fingerprint density at radius 2 is 2.16 bits per heavy atom. The maximum absolute atomic E-state index is 3.52. The quantitative estimate of drug-likeness (QED) is 0.857. The number of rotatable bonds is 6. The van der Waals surface area contributed by atoms with Gasteiger partial charge in [-0.05, 0) is 62.1 Å². The van der Waals surface area contributed by atoms with E-state index < -0.39 is 0 Å². The zero-order valence-corrected chi connectivity index (χ0v) is 12.8. The molecule has 1 saturated heterocycles. The summed E-state index contributed by atoms with van der Waals surface area (Å²) in [5, 5.41) is 5.73. The lowest BCUT2D eigenvalue weighted by atomic mass is 9.76. The Morgan fingerprint density at radius 3 is 2.74 bits per heavy atom. The monoisotopic (exact) mass is 278 g/mol. The standard InChI is InChI=1S/C16H26N2S/c1-2-16(7-9-17-10-8-16)13-18(14-5-6-14)12-15-4-3-11-19-15/h3-4,11,14,17H,2,5-10,12-13H2,1H3. The minimum absolute atomic E-state index is 0.575. The summed E-state index contributed by atoms with van der Waals surface area (Å²) < 4.78 is 0. The SMILES string of the molecule is CCC1(CN(Cc2cccs2)C2CC2)CCNCC1. The molecule has 0 aromatic carbocycles. The largest absolute Gasteiger partial charge is 0.317 e. The third-order valence-electron chi connectivity index (χ3n) is 4.96. The molecule has 1 aromatic rings. The van der Waals surface area contributed by atoms with Crippen LogP contribution >= 0.6 is 11.3 Å². The van der Waals surface area contributed by atoms with E-state index in [2.05, 4.69) is 34.7 Å². The van der Waals surface area contributed by atoms with Gasteiger partial charge in [-0.2, -0.15) is 0 Å². The van der Waals surface area contributed by atoms with Gasteiger partial charge in [-0.3, -0.25) is 4.90 Å². The van der Waals surface area contributed by atoms with Gasteiger partial charge in [0.2, 0.25) is 0 Å². The van der Waals surface area contributed by atoms with Gasteiger partial charge in [0, 0.05) is 24.0 Å². The molecular formula is C16H26N2S. The van der Waals surface area contributed by atoms with Crippen molar-refractivity contribution in [1.82, 2.24) is 10.2 Å². The van der Waals surface area contributed by atoms with Gasteiger partial charge in [0.25, 0.3) is 0 Å². The molecule has 106 valence electrons. The van der Waals surface area contributed by atoms with Crippen molar-refractivity contribution in [2.75, 3.05) is 19.6 Å². The van der Waals surface area contributed by atoms with Crippen LogP contribution in [-0.2, 0) is 6.54 Å². The molecule has 1 aliphatic carbocycles. The average molecular weight is 278 g/mol. The van der Waals surface area contributed by atoms with Gasteiger partial charge in [0.05, 0.1) is 0 Å². The van der Waals surface area contributed by atoms with E-state index in [0.717, 1.165) is 6.04 Å². The zero-order chi connectivity index (χ0) is 13.1. The van der Waals surface area contributed by atoms with Crippen molar-refractivity contribution < 1.29 is 0 Å². The maximum atomic E-state index is 3.52. The first-order valence-corrected chi connectivity index (χ1v) is 8.66. The minimum Gasteiger partial charge on any atom is -0.317 e. The van der Waals surface area contributed by atoms with Gasteiger partial charge >= 0.3 is 0 Å². The number of hydrogen-bond donors (Lipinski definition) is 1. The van der Waals surface area contributed by atoms with Crippen molar-refractivity contribution in [2.24, 2.45) is 5.41 Å². The van der Waals surface area contributed by atoms with Crippen molar-refractivity contribution in [3.63, 3.8) is 0 Å². The van der Waals surface area contributed by atoms with Gasteiger partial charge in [0.15, 0.2) is 0 Å². The van der Waals surface area contributed by atoms with Gasteiger partial charge < -0.3 is 5.32 Å². The molecule has 2 heterocycles. The second-order valence-electron chi connectivity index (χ2n) is 6.32. The smallest absolute Gasteiger partial charge is 0.0331 e. The molecule has 1 aromatic heterocycles. The molecule has 3 heteroatoms. The van der Waals surface area contributed by atoms with Crippen LogP contribution < -0.4 is 5.32 Å². The van der Waals surface area contributed by atoms with Crippen molar-refractivity contribution in [3.8, 4) is 0 Å². The van der Waals surface area contributed by atoms with Crippen molar-refractivity contribution in [2.45, 2.75) is 51.6 Å². The van der Waals surface area contributed by atoms with Gasteiger partial charge in [-0.1, -0.05) is 13.0 Å². The van der Waals surface area contributed by atoms with E-state index in [9.17, 15) is 0 Å². The van der Waals surface area contributed by atoms with Gasteiger partial charge in [0.1, 0.15) is 0 Å². The molecule has 1 saturated carbocycles. The van der Waals surface area contributed by atoms with Crippen molar-refractivity contribution in [3.05, 3.63) is 22.4 Å². The molecule has 0 spiro atoms. The number of nitrogens with one attached hydrogen (secondary N) is 1. The molecule has 2 nitrogen and oxygen atoms in total. The Bertz CT molecular complexity index is 377. The zero-order valence-electron chi connectivity index (χ0n) is 12.0. The molecule has 0 atom stereocenters. The summed E-state index contributed by atoms with van der Waals surface area (Å²) in [6.45, 7) is 7.31. The fraction of sp³-hybridized carbons (Fsp3) is 0.750. The predicted molar refractivity (Wildman–Crippen MR) is 82.6 cm³/mol. The number of piperidine rings is 1. The lowest BCUT2D eigenvalue weighted by Gasteiger charge is -2.41. The van der Waals surface area contributed by atoms with Crippen LogP contribution in [0.5, 0.6) is 0 Å². The normalized spacial score (nSPS) is 22.8. The van der Waals surface area contributed by atoms with E-state index in [-0.39, 0.29) is 0 Å². The summed E-state index contributed by atoms with van der Waals surface area (Å²) in [6.07, 6.45) is 6.89. The molecule has 1 aliphatic heterocycles. The van der Waals surface area contributed by atoms with Gasteiger partial charge in [-0.25, -0.2) is 0 Å². The van der Waals surface area contributed by atoms with Crippen LogP contribution in [0.1, 0.15) is 43.9 Å². The van der Waals surface area contributed by atoms with Crippen LogP contribution in [0.4, 0.5) is 0 Å². The van der Waals surface area contributed by atoms with E-state index in [0.29, 0.717) is 5.41 Å². The fourth-order valence-corrected chi connectivity index (χ4v) is 4.10. The Hall–Kier alpha value is -0.380. The molecule has 3 rings (SSSR count). The number of nitrogens with zero attached hydrogens (tertiary/aromatic N) is 1. The maximum Gasteiger partial charge on any atom is 0.0331 e. The van der Waals surface area contributed by atoms with Crippen molar-refractivity contribution in [1.29, 1.82) is 0 Å². The molecule has 2 aliphatic rings. The molecule has 2 fully saturated rings. The second kappa shape index (κ2) is 5.94. The van der Waals surface area contributed by atoms with Crippen molar-refractivity contribution >= 4 is 11.3 Å². The molecule has 0 amide bonds. The lowest BCUT2D eigenvalue weighted by molar-refractivity contribution is 0.0971. The highest BCUT2D eigenvalue weighted by Crippen LogP contribution is 2.38. The second-order valence-corrected chi connectivity index (χ2v) is 7.35. The molecule has 0 bridgehead atoms. The fourth-order valence-electron chi connectivity index (χ4n) is 3.37. The number of thiophene rings is 1. The summed E-state index contributed by atoms with van der Waals surface area (Å²) >= 11 is 1.91. The summed E-state index contributed by atoms with van der Waals surface area (Å²) in [5.41, 5.74) is 0.575. The van der Waals surface area contributed by atoms with E-state index in [1.165, 1.54) is 63.2 Å². The minimum atomic E-state index is 0.575. The van der Waals surface area contributed by atoms with Crippen LogP contribution in [0.25, 0.3) is 0 Å². The Labute approximate surface area is 121 Å². The summed E-state index contributed by atoms with van der Waals surface area (Å²) in [5.74, 6) is 0. The molecule has 1 N–H and O–H groups in total. The Morgan fingerprint density at radius 1 is 1.37 bits per heavy atom. The first-order valence-electron chi connectivity index (χ1n) is 7.78. The predicted octanol–water partition coefficient (Wildman–Crippen LogP) is 3.49. The highest BCUT2D eigenvalue weighted by Gasteiger charge is 2.37. The van der Waals surface area contributed by atoms with Crippen LogP contribution in [0, 0.1) is 5.41 Å². The van der Waals surface area contributed by atoms with E-state index in [1.54, 1.807) is 0 Å². The number of hydrogen-bond acceptors (Lipinski definition) is 3. The van der Waals surface area contributed by atoms with Crippen LogP contribution in [-0.4, -0.2) is 30.6 Å². The highest BCUT2D eigenvalue weighted by molar-refractivity contribution is 7.09. The Kier molecular flexibility index (Phi) is 4.25. The molecule has 0 unspecified atom stereocenters. The molecular weight excluding hydrogens is 252 g/mol. The topological polar surface area (TPSA) is 15.3 Å². The van der Waals surface area contributed by atoms with Crippen LogP contribution in [0.3, 0.4) is 0 Å². The average Bonchev–Trinajstić information content (AvgIpc) is 3.18. The van der Waals surface area contributed by atoms with Crippen LogP contribution in [0.2, 0.25) is 0 Å². The first-order chi connectivity index (χ1) is 9.31. The van der Waals surface area contributed by atoms with Gasteiger partial charge in [-0.15, -0.1) is 11.3 Å². The lowest BCUT2D eigenvalue weighted by Crippen LogP contribution is -2.44. The Balaban J connectivity index is 1.66. The van der Waals surface area contributed by atoms with E-state index in [1.807, 2.05) is 11.3 Å².